The summed E-state index contributed by atoms with van der Waals surface area (Å²) in [6.45, 7) is 17.1. The number of likely N-dealkylation sites (N-methyl/N-ethyl adjacent to an activating group) is 1. The second-order valence-corrected chi connectivity index (χ2v) is 11.7. The quantitative estimate of drug-likeness (QED) is 0.518. The van der Waals surface area contributed by atoms with E-state index in [2.05, 4.69) is 10.6 Å². The van der Waals surface area contributed by atoms with Crippen LogP contribution >= 0.6 is 11.8 Å². The monoisotopic (exact) mass is 493 g/mol. The van der Waals surface area contributed by atoms with Gasteiger partial charge in [-0.3, -0.25) is 9.59 Å². The van der Waals surface area contributed by atoms with Crippen LogP contribution in [0, 0.1) is 13.8 Å². The molecule has 2 unspecified atom stereocenters. The molecule has 0 spiro atoms. The van der Waals surface area contributed by atoms with Crippen LogP contribution in [0.25, 0.3) is 0 Å². The van der Waals surface area contributed by atoms with E-state index in [4.69, 9.17) is 4.74 Å². The topological polar surface area (TPSA) is 87.7 Å². The van der Waals surface area contributed by atoms with Gasteiger partial charge >= 0.3 is 6.09 Å². The second kappa shape index (κ2) is 12.5. The molecule has 0 radical (unpaired) electrons. The Morgan fingerprint density at radius 1 is 1.03 bits per heavy atom. The fourth-order valence-electron chi connectivity index (χ4n) is 3.69. The average molecular weight is 494 g/mol. The van der Waals surface area contributed by atoms with Gasteiger partial charge in [0, 0.05) is 12.1 Å². The van der Waals surface area contributed by atoms with Crippen LogP contribution in [0.1, 0.15) is 77.6 Å². The van der Waals surface area contributed by atoms with Gasteiger partial charge in [0.05, 0.1) is 0 Å². The van der Waals surface area contributed by atoms with Crippen molar-refractivity contribution in [2.24, 2.45) is 0 Å². The zero-order valence-corrected chi connectivity index (χ0v) is 23.3. The molecule has 8 heteroatoms. The molecule has 0 bridgehead atoms. The van der Waals surface area contributed by atoms with Gasteiger partial charge in [-0.25, -0.2) is 4.79 Å². The second-order valence-electron chi connectivity index (χ2n) is 10.7. The first-order valence-corrected chi connectivity index (χ1v) is 13.2. The van der Waals surface area contributed by atoms with Gasteiger partial charge in [0.1, 0.15) is 17.7 Å². The van der Waals surface area contributed by atoms with Crippen LogP contribution in [0.5, 0.6) is 0 Å². The minimum Gasteiger partial charge on any atom is -0.444 e. The Balaban J connectivity index is 3.42. The van der Waals surface area contributed by atoms with Crippen molar-refractivity contribution >= 4 is 29.7 Å². The summed E-state index contributed by atoms with van der Waals surface area (Å²) in [4.78, 5) is 41.4. The predicted molar refractivity (Wildman–Crippen MR) is 140 cm³/mol. The van der Waals surface area contributed by atoms with Crippen LogP contribution in [0.3, 0.4) is 0 Å². The van der Waals surface area contributed by atoms with E-state index in [1.54, 1.807) is 37.4 Å². The standard InChI is InChI=1S/C26H43N3O4S/c1-11-29(23(31)20(12-13-34-10)27-24(32)33-26(7,8)9)21(22(30)28-25(4,5)6)19-15-17(2)14-18(3)16-19/h14-16,20-21H,11-13H2,1-10H3,(H,27,32)(H,28,30). The summed E-state index contributed by atoms with van der Waals surface area (Å²) < 4.78 is 5.39. The van der Waals surface area contributed by atoms with Crippen LogP contribution in [0.15, 0.2) is 18.2 Å². The number of carbonyl (C=O) groups excluding carboxylic acids is 3. The number of benzene rings is 1. The van der Waals surface area contributed by atoms with E-state index in [0.717, 1.165) is 16.7 Å². The van der Waals surface area contributed by atoms with Gasteiger partial charge < -0.3 is 20.3 Å². The third-order valence-corrected chi connectivity index (χ3v) is 5.49. The predicted octanol–water partition coefficient (Wildman–Crippen LogP) is 4.75. The SMILES string of the molecule is CCN(C(=O)C(CCSC)NC(=O)OC(C)(C)C)C(C(=O)NC(C)(C)C)c1cc(C)cc(C)c1. The van der Waals surface area contributed by atoms with E-state index in [-0.39, 0.29) is 11.8 Å². The van der Waals surface area contributed by atoms with Crippen molar-refractivity contribution in [1.82, 2.24) is 15.5 Å². The first kappa shape index (κ1) is 29.8. The molecule has 0 aliphatic carbocycles. The van der Waals surface area contributed by atoms with E-state index in [1.165, 1.54) is 0 Å². The van der Waals surface area contributed by atoms with E-state index in [9.17, 15) is 14.4 Å². The molecule has 0 saturated heterocycles. The maximum absolute atomic E-state index is 13.8. The molecule has 34 heavy (non-hydrogen) atoms. The maximum Gasteiger partial charge on any atom is 0.408 e. The molecule has 0 fully saturated rings. The fraction of sp³-hybridized carbons (Fsp3) is 0.654. The van der Waals surface area contributed by atoms with Gasteiger partial charge in [-0.2, -0.15) is 11.8 Å². The van der Waals surface area contributed by atoms with Gasteiger partial charge in [0.15, 0.2) is 0 Å². The number of carbonyl (C=O) groups is 3. The summed E-state index contributed by atoms with van der Waals surface area (Å²) >= 11 is 1.59. The first-order chi connectivity index (χ1) is 15.6. The molecule has 192 valence electrons. The van der Waals surface area contributed by atoms with Crippen LogP contribution in [0.4, 0.5) is 4.79 Å². The molecule has 2 N–H and O–H groups in total. The van der Waals surface area contributed by atoms with Crippen molar-refractivity contribution in [2.75, 3.05) is 18.6 Å². The summed E-state index contributed by atoms with van der Waals surface area (Å²) in [6, 6.07) is 4.28. The molecule has 1 aromatic rings. The lowest BCUT2D eigenvalue weighted by atomic mass is 9.97. The largest absolute Gasteiger partial charge is 0.444 e. The minimum atomic E-state index is -0.826. The molecule has 1 aromatic carbocycles. The number of nitrogens with one attached hydrogen (secondary N) is 2. The Kier molecular flexibility index (Phi) is 10.9. The van der Waals surface area contributed by atoms with Crippen molar-refractivity contribution in [2.45, 2.75) is 92.0 Å². The molecule has 0 aromatic heterocycles. The van der Waals surface area contributed by atoms with Gasteiger partial charge in [0.2, 0.25) is 11.8 Å². The van der Waals surface area contributed by atoms with Crippen LogP contribution in [-0.4, -0.2) is 58.5 Å². The van der Waals surface area contributed by atoms with Crippen molar-refractivity contribution in [1.29, 1.82) is 0 Å². The molecule has 3 amide bonds. The van der Waals surface area contributed by atoms with Gasteiger partial charge in [-0.1, -0.05) is 29.3 Å². The molecular formula is C26H43N3O4S. The number of aryl methyl sites for hydroxylation is 2. The number of ether oxygens (including phenoxy) is 1. The van der Waals surface area contributed by atoms with Crippen LogP contribution < -0.4 is 10.6 Å². The third kappa shape index (κ3) is 9.95. The highest BCUT2D eigenvalue weighted by Crippen LogP contribution is 2.26. The third-order valence-electron chi connectivity index (χ3n) is 4.84. The van der Waals surface area contributed by atoms with E-state index in [0.29, 0.717) is 18.7 Å². The molecule has 0 aliphatic heterocycles. The molecule has 2 atom stereocenters. The molecule has 7 nitrogen and oxygen atoms in total. The van der Waals surface area contributed by atoms with E-state index >= 15 is 0 Å². The van der Waals surface area contributed by atoms with Crippen molar-refractivity contribution in [3.05, 3.63) is 34.9 Å². The van der Waals surface area contributed by atoms with Crippen molar-refractivity contribution < 1.29 is 19.1 Å². The first-order valence-electron chi connectivity index (χ1n) is 11.8. The minimum absolute atomic E-state index is 0.256. The fourth-order valence-corrected chi connectivity index (χ4v) is 4.16. The van der Waals surface area contributed by atoms with Gasteiger partial charge in [-0.15, -0.1) is 0 Å². The Morgan fingerprint density at radius 2 is 1.59 bits per heavy atom. The molecule has 0 heterocycles. The number of nitrogens with zero attached hydrogens (tertiary/aromatic N) is 1. The summed E-state index contributed by atoms with van der Waals surface area (Å²) in [5, 5.41) is 5.77. The number of hydrogen-bond acceptors (Lipinski definition) is 5. The number of alkyl carbamates (subject to hydrolysis) is 1. The van der Waals surface area contributed by atoms with Crippen molar-refractivity contribution in [3.8, 4) is 0 Å². The van der Waals surface area contributed by atoms with Crippen LogP contribution in [0.2, 0.25) is 0 Å². The average Bonchev–Trinajstić information content (AvgIpc) is 2.64. The lowest BCUT2D eigenvalue weighted by molar-refractivity contribution is -0.142. The molecule has 1 rings (SSSR count). The Labute approximate surface area is 209 Å². The summed E-state index contributed by atoms with van der Waals surface area (Å²) in [6.07, 6.45) is 1.72. The number of thioether (sulfide) groups is 1. The Morgan fingerprint density at radius 3 is 2.03 bits per heavy atom. The number of amides is 3. The van der Waals surface area contributed by atoms with Crippen molar-refractivity contribution in [3.63, 3.8) is 0 Å². The highest BCUT2D eigenvalue weighted by atomic mass is 32.2. The smallest absolute Gasteiger partial charge is 0.408 e. The maximum atomic E-state index is 13.8. The zero-order valence-electron chi connectivity index (χ0n) is 22.5. The number of rotatable bonds is 9. The summed E-state index contributed by atoms with van der Waals surface area (Å²) in [5.41, 5.74) is 1.62. The van der Waals surface area contributed by atoms with E-state index in [1.807, 2.05) is 66.0 Å². The number of hydrogen-bond donors (Lipinski definition) is 2. The summed E-state index contributed by atoms with van der Waals surface area (Å²) in [5.74, 6) is 0.107. The zero-order chi connectivity index (χ0) is 26.3. The summed E-state index contributed by atoms with van der Waals surface area (Å²) in [7, 11) is 0. The van der Waals surface area contributed by atoms with Crippen LogP contribution in [-0.2, 0) is 14.3 Å². The highest BCUT2D eigenvalue weighted by Gasteiger charge is 2.36. The van der Waals surface area contributed by atoms with Gasteiger partial charge in [-0.05, 0) is 86.3 Å². The van der Waals surface area contributed by atoms with E-state index < -0.39 is 29.3 Å². The lowest BCUT2D eigenvalue weighted by Gasteiger charge is -2.35. The lowest BCUT2D eigenvalue weighted by Crippen LogP contribution is -2.54. The highest BCUT2D eigenvalue weighted by molar-refractivity contribution is 7.98. The van der Waals surface area contributed by atoms with Gasteiger partial charge in [0.25, 0.3) is 0 Å². The Bertz CT molecular complexity index is 838. The Hall–Kier alpha value is -2.22. The normalized spacial score (nSPS) is 13.6. The molecular weight excluding hydrogens is 450 g/mol. The molecule has 0 aliphatic rings. The molecule has 0 saturated carbocycles.